The Morgan fingerprint density at radius 1 is 0.420 bits per heavy atom. The van der Waals surface area contributed by atoms with E-state index in [1.807, 2.05) is 17.4 Å². The lowest BCUT2D eigenvalue weighted by Crippen LogP contribution is -2.11. The van der Waals surface area contributed by atoms with Gasteiger partial charge in [-0.25, -0.2) is 0 Å². The Hall–Kier alpha value is -6.36. The molecule has 0 aliphatic carbocycles. The minimum absolute atomic E-state index is 0.857. The molecule has 0 radical (unpaired) electrons. The zero-order valence-corrected chi connectivity index (χ0v) is 27.6. The van der Waals surface area contributed by atoms with E-state index in [9.17, 15) is 0 Å². The number of hydrogen-bond acceptors (Lipinski definition) is 4. The van der Waals surface area contributed by atoms with Crippen LogP contribution in [-0.4, -0.2) is 0 Å². The van der Waals surface area contributed by atoms with Gasteiger partial charge in [0, 0.05) is 48.3 Å². The van der Waals surface area contributed by atoms with E-state index >= 15 is 0 Å². The summed E-state index contributed by atoms with van der Waals surface area (Å²) in [4.78, 5) is 2.42. The minimum atomic E-state index is 0.857. The van der Waals surface area contributed by atoms with Crippen molar-refractivity contribution in [2.24, 2.45) is 0 Å². The number of para-hydroxylation sites is 1. The first-order valence-electron chi connectivity index (χ1n) is 16.8. The van der Waals surface area contributed by atoms with Gasteiger partial charge in [-0.15, -0.1) is 11.3 Å². The molecule has 4 heterocycles. The van der Waals surface area contributed by atoms with Crippen LogP contribution in [0, 0.1) is 0 Å². The molecule has 50 heavy (non-hydrogen) atoms. The van der Waals surface area contributed by atoms with Gasteiger partial charge in [-0.1, -0.05) is 109 Å². The summed E-state index contributed by atoms with van der Waals surface area (Å²) < 4.78 is 15.5. The molecule has 0 fully saturated rings. The fraction of sp³-hybridized carbons (Fsp3) is 0. The maximum absolute atomic E-state index is 7.05. The molecule has 0 saturated carbocycles. The van der Waals surface area contributed by atoms with Crippen LogP contribution in [0.2, 0.25) is 0 Å². The number of fused-ring (bicyclic) bond motifs is 11. The van der Waals surface area contributed by atoms with E-state index in [2.05, 4.69) is 163 Å². The second-order valence-corrected chi connectivity index (χ2v) is 13.9. The summed E-state index contributed by atoms with van der Waals surface area (Å²) >= 11 is 1.83. The summed E-state index contributed by atoms with van der Waals surface area (Å²) in [5, 5.41) is 6.86. The van der Waals surface area contributed by atoms with Gasteiger partial charge in [0.2, 0.25) is 0 Å². The molecule has 0 N–H and O–H groups in total. The van der Waals surface area contributed by atoms with Crippen molar-refractivity contribution in [3.05, 3.63) is 164 Å². The predicted octanol–water partition coefficient (Wildman–Crippen LogP) is 14.1. The average molecular weight is 658 g/mol. The quantitative estimate of drug-likeness (QED) is 0.184. The normalized spacial score (nSPS) is 12.0. The van der Waals surface area contributed by atoms with Crippen LogP contribution >= 0.6 is 11.3 Å². The third-order valence-corrected chi connectivity index (χ3v) is 11.2. The standard InChI is InChI=1S/C46H27NO2S/c1-3-11-28(12-4-1)29-19-21-31(22-20-29)47(39-17-9-7-15-32(39)30-13-5-2-6-14-30)44-45-37(26-38-33-16-8-10-18-43(33)50-46(38)44)35-25-34-36(27-42(35)49-45)41-24-23-40(34)48-41/h1-27H. The van der Waals surface area contributed by atoms with Gasteiger partial charge in [0.15, 0.2) is 5.58 Å². The van der Waals surface area contributed by atoms with Gasteiger partial charge in [-0.2, -0.15) is 0 Å². The van der Waals surface area contributed by atoms with E-state index in [0.29, 0.717) is 0 Å². The van der Waals surface area contributed by atoms with Crippen molar-refractivity contribution in [1.82, 2.24) is 0 Å². The van der Waals surface area contributed by atoms with Crippen LogP contribution in [0.25, 0.3) is 86.3 Å². The fourth-order valence-corrected chi connectivity index (χ4v) is 8.92. The third-order valence-electron chi connectivity index (χ3n) is 10.0. The molecule has 4 aromatic heterocycles. The van der Waals surface area contributed by atoms with Crippen LogP contribution in [0.5, 0.6) is 0 Å². The molecule has 4 heteroatoms. The van der Waals surface area contributed by atoms with Crippen LogP contribution in [0.4, 0.5) is 17.1 Å². The van der Waals surface area contributed by atoms with Crippen molar-refractivity contribution in [1.29, 1.82) is 0 Å². The molecular weight excluding hydrogens is 631 g/mol. The highest BCUT2D eigenvalue weighted by atomic mass is 32.1. The van der Waals surface area contributed by atoms with Gasteiger partial charge in [-0.05, 0) is 71.3 Å². The van der Waals surface area contributed by atoms with E-state index in [1.54, 1.807) is 0 Å². The first-order chi connectivity index (χ1) is 24.8. The average Bonchev–Trinajstić information content (AvgIpc) is 3.97. The molecule has 11 aromatic rings. The summed E-state index contributed by atoms with van der Waals surface area (Å²) in [7, 11) is 0. The second kappa shape index (κ2) is 10.6. The lowest BCUT2D eigenvalue weighted by molar-refractivity contribution is 0.669. The molecule has 0 spiro atoms. The molecule has 0 atom stereocenters. The van der Waals surface area contributed by atoms with Gasteiger partial charge in [0.25, 0.3) is 0 Å². The highest BCUT2D eigenvalue weighted by Crippen LogP contribution is 2.52. The van der Waals surface area contributed by atoms with Gasteiger partial charge in [-0.3, -0.25) is 0 Å². The first kappa shape index (κ1) is 27.6. The number of anilines is 3. The molecule has 11 rings (SSSR count). The number of thiophene rings is 1. The summed E-state index contributed by atoms with van der Waals surface area (Å²) in [6.07, 6.45) is 0. The highest BCUT2D eigenvalue weighted by Gasteiger charge is 2.27. The molecule has 0 saturated heterocycles. The molecule has 0 unspecified atom stereocenters. The molecule has 2 bridgehead atoms. The van der Waals surface area contributed by atoms with Crippen LogP contribution in [0.1, 0.15) is 0 Å². The number of benzene rings is 8. The van der Waals surface area contributed by atoms with Gasteiger partial charge in [0.05, 0.1) is 10.4 Å². The Balaban J connectivity index is 1.27. The summed E-state index contributed by atoms with van der Waals surface area (Å²) in [5.41, 5.74) is 11.4. The zero-order valence-electron chi connectivity index (χ0n) is 26.8. The largest absolute Gasteiger partial charge is 0.456 e. The zero-order chi connectivity index (χ0) is 32.8. The summed E-state index contributed by atoms with van der Waals surface area (Å²) in [5.74, 6) is 0. The Kier molecular flexibility index (Phi) is 5.83. The Morgan fingerprint density at radius 3 is 1.84 bits per heavy atom. The van der Waals surface area contributed by atoms with E-state index in [1.165, 1.54) is 31.3 Å². The van der Waals surface area contributed by atoms with E-state index < -0.39 is 0 Å². The van der Waals surface area contributed by atoms with Crippen LogP contribution < -0.4 is 4.90 Å². The molecule has 0 aliphatic heterocycles. The lowest BCUT2D eigenvalue weighted by atomic mass is 9.99. The summed E-state index contributed by atoms with van der Waals surface area (Å²) in [6, 6.07) is 58.5. The van der Waals surface area contributed by atoms with Crippen LogP contribution in [0.3, 0.4) is 0 Å². The van der Waals surface area contributed by atoms with Crippen molar-refractivity contribution in [2.45, 2.75) is 0 Å². The van der Waals surface area contributed by atoms with E-state index in [-0.39, 0.29) is 0 Å². The molecule has 0 amide bonds. The SMILES string of the molecule is c1ccc(-c2ccc(N(c3ccccc3-c3ccccc3)c3c4oc5cc6c7ccc(o7)c6cc5c4cc4c3sc3ccccc34)cc2)cc1. The highest BCUT2D eigenvalue weighted by molar-refractivity contribution is 7.26. The van der Waals surface area contributed by atoms with E-state index in [0.717, 1.165) is 72.1 Å². The van der Waals surface area contributed by atoms with Crippen LogP contribution in [-0.2, 0) is 0 Å². The molecule has 0 aliphatic rings. The molecular formula is C46H27NO2S. The van der Waals surface area contributed by atoms with Crippen molar-refractivity contribution >= 4 is 92.4 Å². The van der Waals surface area contributed by atoms with Crippen molar-refractivity contribution in [2.75, 3.05) is 4.90 Å². The smallest absolute Gasteiger partial charge is 0.160 e. The van der Waals surface area contributed by atoms with Gasteiger partial charge >= 0.3 is 0 Å². The number of furan rings is 3. The number of rotatable bonds is 5. The second-order valence-electron chi connectivity index (χ2n) is 12.9. The Labute approximate surface area is 291 Å². The molecule has 3 nitrogen and oxygen atoms in total. The van der Waals surface area contributed by atoms with Crippen molar-refractivity contribution in [3.63, 3.8) is 0 Å². The Bertz CT molecular complexity index is 3020. The van der Waals surface area contributed by atoms with Gasteiger partial charge in [0.1, 0.15) is 22.4 Å². The van der Waals surface area contributed by atoms with Gasteiger partial charge < -0.3 is 13.7 Å². The topological polar surface area (TPSA) is 29.5 Å². The first-order valence-corrected chi connectivity index (χ1v) is 17.7. The van der Waals surface area contributed by atoms with Crippen LogP contribution in [0.15, 0.2) is 173 Å². The molecule has 7 aromatic carbocycles. The van der Waals surface area contributed by atoms with E-state index in [4.69, 9.17) is 8.83 Å². The maximum atomic E-state index is 7.05. The fourth-order valence-electron chi connectivity index (χ4n) is 7.70. The third kappa shape index (κ3) is 4.03. The monoisotopic (exact) mass is 657 g/mol. The number of nitrogens with zero attached hydrogens (tertiary/aromatic N) is 1. The maximum Gasteiger partial charge on any atom is 0.160 e. The van der Waals surface area contributed by atoms with Crippen molar-refractivity contribution in [3.8, 4) is 22.3 Å². The molecule has 234 valence electrons. The number of hydrogen-bond donors (Lipinski definition) is 0. The minimum Gasteiger partial charge on any atom is -0.456 e. The lowest BCUT2D eigenvalue weighted by Gasteiger charge is -2.28. The van der Waals surface area contributed by atoms with Crippen molar-refractivity contribution < 1.29 is 8.83 Å². The predicted molar refractivity (Wildman–Crippen MR) is 211 cm³/mol. The Morgan fingerprint density at radius 2 is 1.04 bits per heavy atom. The summed E-state index contributed by atoms with van der Waals surface area (Å²) in [6.45, 7) is 0.